The van der Waals surface area contributed by atoms with Crippen LogP contribution in [0.2, 0.25) is 0 Å². The first-order valence-electron chi connectivity index (χ1n) is 4.95. The Morgan fingerprint density at radius 2 is 2.06 bits per heavy atom. The summed E-state index contributed by atoms with van der Waals surface area (Å²) < 4.78 is 5.67. The first kappa shape index (κ1) is 10.8. The van der Waals surface area contributed by atoms with Gasteiger partial charge in [-0.3, -0.25) is 0 Å². The van der Waals surface area contributed by atoms with Crippen LogP contribution in [0.25, 0.3) is 0 Å². The maximum Gasteiger partial charge on any atom is 0.199 e. The van der Waals surface area contributed by atoms with Crippen LogP contribution < -0.4 is 4.74 Å². The number of hydrogen-bond acceptors (Lipinski definition) is 3. The molecule has 0 aliphatic rings. The molecular formula is C12H12N2OS. The lowest BCUT2D eigenvalue weighted by Gasteiger charge is -2.07. The molecule has 3 nitrogen and oxygen atoms in total. The highest BCUT2D eigenvalue weighted by Gasteiger charge is 2.04. The van der Waals surface area contributed by atoms with Gasteiger partial charge in [-0.2, -0.15) is 0 Å². The summed E-state index contributed by atoms with van der Waals surface area (Å²) in [7, 11) is 1.62. The van der Waals surface area contributed by atoms with Crippen molar-refractivity contribution in [2.45, 2.75) is 6.42 Å². The summed E-state index contributed by atoms with van der Waals surface area (Å²) in [6, 6.07) is 10.2. The van der Waals surface area contributed by atoms with Crippen molar-refractivity contribution in [3.05, 3.63) is 52.4 Å². The van der Waals surface area contributed by atoms with Gasteiger partial charge >= 0.3 is 0 Å². The SMILES string of the molecule is COc1[nH]c(=S)ncc1Cc1ccccc1. The first-order valence-corrected chi connectivity index (χ1v) is 5.36. The number of rotatable bonds is 3. The van der Waals surface area contributed by atoms with Crippen LogP contribution in [0.5, 0.6) is 5.88 Å². The van der Waals surface area contributed by atoms with E-state index in [0.29, 0.717) is 10.7 Å². The van der Waals surface area contributed by atoms with Gasteiger partial charge in [0.25, 0.3) is 0 Å². The van der Waals surface area contributed by atoms with Crippen LogP contribution in [0.15, 0.2) is 36.5 Å². The Labute approximate surface area is 99.1 Å². The molecule has 1 heterocycles. The van der Waals surface area contributed by atoms with Crippen molar-refractivity contribution < 1.29 is 4.74 Å². The van der Waals surface area contributed by atoms with Crippen LogP contribution in [0.3, 0.4) is 0 Å². The van der Waals surface area contributed by atoms with E-state index in [1.807, 2.05) is 18.2 Å². The monoisotopic (exact) mass is 232 g/mol. The molecule has 0 bridgehead atoms. The second-order valence-corrected chi connectivity index (χ2v) is 3.80. The van der Waals surface area contributed by atoms with E-state index in [0.717, 1.165) is 12.0 Å². The first-order chi connectivity index (χ1) is 7.79. The smallest absolute Gasteiger partial charge is 0.199 e. The Balaban J connectivity index is 2.31. The fourth-order valence-corrected chi connectivity index (χ4v) is 1.67. The summed E-state index contributed by atoms with van der Waals surface area (Å²) in [5.41, 5.74) is 2.22. The zero-order chi connectivity index (χ0) is 11.4. The van der Waals surface area contributed by atoms with Gasteiger partial charge in [0.2, 0.25) is 0 Å². The van der Waals surface area contributed by atoms with Crippen LogP contribution >= 0.6 is 12.2 Å². The minimum atomic E-state index is 0.439. The Bertz CT molecular complexity index is 522. The van der Waals surface area contributed by atoms with Crippen molar-refractivity contribution in [3.63, 3.8) is 0 Å². The lowest BCUT2D eigenvalue weighted by atomic mass is 10.1. The highest BCUT2D eigenvalue weighted by Crippen LogP contribution is 2.17. The number of methoxy groups -OCH3 is 1. The number of aromatic amines is 1. The van der Waals surface area contributed by atoms with Crippen LogP contribution in [0, 0.1) is 4.77 Å². The zero-order valence-electron chi connectivity index (χ0n) is 8.93. The van der Waals surface area contributed by atoms with Gasteiger partial charge in [0.15, 0.2) is 10.7 Å². The Hall–Kier alpha value is -1.68. The standard InChI is InChI=1S/C12H12N2OS/c1-15-11-10(8-13-12(16)14-11)7-9-5-3-2-4-6-9/h2-6,8H,7H2,1H3,(H,13,14,16). The topological polar surface area (TPSA) is 37.9 Å². The maximum absolute atomic E-state index is 5.24. The maximum atomic E-state index is 5.24. The van der Waals surface area contributed by atoms with Crippen molar-refractivity contribution >= 4 is 12.2 Å². The molecule has 16 heavy (non-hydrogen) atoms. The molecule has 1 aromatic heterocycles. The number of hydrogen-bond donors (Lipinski definition) is 1. The van der Waals surface area contributed by atoms with Gasteiger partial charge in [-0.1, -0.05) is 30.3 Å². The Kier molecular flexibility index (Phi) is 3.31. The van der Waals surface area contributed by atoms with E-state index >= 15 is 0 Å². The molecule has 0 saturated carbocycles. The number of benzene rings is 1. The average molecular weight is 232 g/mol. The Morgan fingerprint density at radius 3 is 2.75 bits per heavy atom. The van der Waals surface area contributed by atoms with Gasteiger partial charge in [0, 0.05) is 18.2 Å². The molecule has 82 valence electrons. The summed E-state index contributed by atoms with van der Waals surface area (Å²) in [4.78, 5) is 6.99. The second-order valence-electron chi connectivity index (χ2n) is 3.41. The quantitative estimate of drug-likeness (QED) is 0.827. The lowest BCUT2D eigenvalue weighted by Crippen LogP contribution is -1.98. The molecular weight excluding hydrogens is 220 g/mol. The minimum absolute atomic E-state index is 0.439. The number of nitrogens with zero attached hydrogens (tertiary/aromatic N) is 1. The summed E-state index contributed by atoms with van der Waals surface area (Å²) in [6.45, 7) is 0. The van der Waals surface area contributed by atoms with Crippen LogP contribution in [-0.2, 0) is 6.42 Å². The van der Waals surface area contributed by atoms with Gasteiger partial charge in [0.05, 0.1) is 7.11 Å². The molecule has 2 aromatic rings. The van der Waals surface area contributed by atoms with Gasteiger partial charge in [0.1, 0.15) is 0 Å². The predicted molar refractivity (Wildman–Crippen MR) is 65.2 cm³/mol. The number of aromatic nitrogens is 2. The van der Waals surface area contributed by atoms with Gasteiger partial charge in [-0.25, -0.2) is 4.98 Å². The van der Waals surface area contributed by atoms with Crippen molar-refractivity contribution in [2.75, 3.05) is 7.11 Å². The van der Waals surface area contributed by atoms with Crippen LogP contribution in [0.4, 0.5) is 0 Å². The minimum Gasteiger partial charge on any atom is -0.482 e. The molecule has 0 aliphatic heterocycles. The van der Waals surface area contributed by atoms with E-state index in [1.54, 1.807) is 13.3 Å². The summed E-state index contributed by atoms with van der Waals surface area (Å²) in [5, 5.41) is 0. The van der Waals surface area contributed by atoms with E-state index in [2.05, 4.69) is 22.1 Å². The predicted octanol–water partition coefficient (Wildman–Crippen LogP) is 2.74. The van der Waals surface area contributed by atoms with E-state index in [9.17, 15) is 0 Å². The molecule has 0 amide bonds. The summed E-state index contributed by atoms with van der Waals surface area (Å²) in [6.07, 6.45) is 2.54. The Morgan fingerprint density at radius 1 is 1.31 bits per heavy atom. The van der Waals surface area contributed by atoms with Crippen LogP contribution in [0.1, 0.15) is 11.1 Å². The number of ether oxygens (including phenoxy) is 1. The molecule has 0 spiro atoms. The third kappa shape index (κ3) is 2.46. The van der Waals surface area contributed by atoms with Crippen molar-refractivity contribution in [2.24, 2.45) is 0 Å². The molecule has 4 heteroatoms. The zero-order valence-corrected chi connectivity index (χ0v) is 9.75. The molecule has 0 atom stereocenters. The van der Waals surface area contributed by atoms with Crippen molar-refractivity contribution in [1.82, 2.24) is 9.97 Å². The van der Waals surface area contributed by atoms with E-state index in [1.165, 1.54) is 5.56 Å². The molecule has 0 unspecified atom stereocenters. The molecule has 1 aromatic carbocycles. The number of nitrogens with one attached hydrogen (secondary N) is 1. The highest BCUT2D eigenvalue weighted by atomic mass is 32.1. The van der Waals surface area contributed by atoms with Gasteiger partial charge < -0.3 is 9.72 Å². The molecule has 0 fully saturated rings. The van der Waals surface area contributed by atoms with Gasteiger partial charge in [-0.05, 0) is 17.8 Å². The average Bonchev–Trinajstić information content (AvgIpc) is 2.33. The van der Waals surface area contributed by atoms with Gasteiger partial charge in [-0.15, -0.1) is 0 Å². The highest BCUT2D eigenvalue weighted by molar-refractivity contribution is 7.71. The van der Waals surface area contributed by atoms with Crippen LogP contribution in [-0.4, -0.2) is 17.1 Å². The van der Waals surface area contributed by atoms with E-state index in [4.69, 9.17) is 17.0 Å². The molecule has 0 saturated heterocycles. The normalized spacial score (nSPS) is 10.1. The fourth-order valence-electron chi connectivity index (χ4n) is 1.53. The molecule has 0 radical (unpaired) electrons. The molecule has 2 rings (SSSR count). The number of H-pyrrole nitrogens is 1. The largest absolute Gasteiger partial charge is 0.482 e. The molecule has 1 N–H and O–H groups in total. The molecule has 0 aliphatic carbocycles. The van der Waals surface area contributed by atoms with Crippen molar-refractivity contribution in [1.29, 1.82) is 0 Å². The van der Waals surface area contributed by atoms with E-state index < -0.39 is 0 Å². The van der Waals surface area contributed by atoms with E-state index in [-0.39, 0.29) is 0 Å². The third-order valence-corrected chi connectivity index (χ3v) is 2.50. The summed E-state index contributed by atoms with van der Waals surface area (Å²) >= 11 is 4.94. The summed E-state index contributed by atoms with van der Waals surface area (Å²) in [5.74, 6) is 0.684. The third-order valence-electron chi connectivity index (χ3n) is 2.29. The fraction of sp³-hybridized carbons (Fsp3) is 0.167. The lowest BCUT2D eigenvalue weighted by molar-refractivity contribution is 0.391. The second kappa shape index (κ2) is 4.90. The van der Waals surface area contributed by atoms with Crippen molar-refractivity contribution in [3.8, 4) is 5.88 Å².